The third-order valence-electron chi connectivity index (χ3n) is 4.87. The van der Waals surface area contributed by atoms with Crippen LogP contribution in [0.3, 0.4) is 0 Å². The van der Waals surface area contributed by atoms with Gasteiger partial charge in [-0.15, -0.1) is 0 Å². The number of anilines is 1. The highest BCUT2D eigenvalue weighted by Crippen LogP contribution is 2.34. The van der Waals surface area contributed by atoms with Gasteiger partial charge in [0, 0.05) is 16.9 Å². The van der Waals surface area contributed by atoms with Crippen molar-refractivity contribution in [3.05, 3.63) is 70.9 Å². The largest absolute Gasteiger partial charge is 0.494 e. The molecule has 0 unspecified atom stereocenters. The van der Waals surface area contributed by atoms with Gasteiger partial charge in [-0.2, -0.15) is 0 Å². The van der Waals surface area contributed by atoms with Crippen LogP contribution in [0, 0.1) is 0 Å². The topological polar surface area (TPSA) is 62.4 Å². The Kier molecular flexibility index (Phi) is 6.54. The summed E-state index contributed by atoms with van der Waals surface area (Å²) in [6, 6.07) is 15.2. The monoisotopic (exact) mass is 409 g/mol. The summed E-state index contributed by atoms with van der Waals surface area (Å²) < 4.78 is 5.80. The molecule has 0 bridgehead atoms. The van der Waals surface area contributed by atoms with E-state index in [1.165, 1.54) is 0 Å². The molecule has 3 N–H and O–H groups in total. The zero-order chi connectivity index (χ0) is 21.0. The van der Waals surface area contributed by atoms with Crippen molar-refractivity contribution >= 4 is 28.9 Å². The van der Waals surface area contributed by atoms with Gasteiger partial charge in [0.1, 0.15) is 5.75 Å². The third kappa shape index (κ3) is 4.59. The number of hydrogen-bond donors (Lipinski definition) is 3. The lowest BCUT2D eigenvalue weighted by molar-refractivity contribution is -0.113. The first-order valence-corrected chi connectivity index (χ1v) is 10.2. The van der Waals surface area contributed by atoms with Crippen LogP contribution < -0.4 is 20.7 Å². The summed E-state index contributed by atoms with van der Waals surface area (Å²) in [5.41, 5.74) is 4.10. The smallest absolute Gasteiger partial charge is 0.255 e. The van der Waals surface area contributed by atoms with E-state index in [9.17, 15) is 4.79 Å². The van der Waals surface area contributed by atoms with Gasteiger partial charge in [0.25, 0.3) is 5.91 Å². The van der Waals surface area contributed by atoms with Crippen molar-refractivity contribution in [3.63, 3.8) is 0 Å². The van der Waals surface area contributed by atoms with Crippen LogP contribution in [0.2, 0.25) is 0 Å². The number of benzene rings is 2. The Morgan fingerprint density at radius 1 is 1.17 bits per heavy atom. The highest BCUT2D eigenvalue weighted by atomic mass is 32.1. The van der Waals surface area contributed by atoms with E-state index in [-0.39, 0.29) is 5.91 Å². The molecule has 3 rings (SSSR count). The molecule has 1 aliphatic rings. The molecule has 2 aromatic carbocycles. The zero-order valence-electron chi connectivity index (χ0n) is 17.2. The third-order valence-corrected chi connectivity index (χ3v) is 5.09. The number of carbonyl (C=O) groups is 1. The normalized spacial score (nSPS) is 16.3. The highest BCUT2D eigenvalue weighted by Gasteiger charge is 2.32. The molecule has 0 saturated carbocycles. The lowest BCUT2D eigenvalue weighted by atomic mass is 9.93. The number of nitrogens with one attached hydrogen (secondary N) is 3. The van der Waals surface area contributed by atoms with E-state index in [1.54, 1.807) is 0 Å². The molecule has 0 spiro atoms. The summed E-state index contributed by atoms with van der Waals surface area (Å²) in [5, 5.41) is 9.90. The summed E-state index contributed by atoms with van der Waals surface area (Å²) in [4.78, 5) is 13.4. The molecule has 6 heteroatoms. The maximum atomic E-state index is 13.4. The maximum absolute atomic E-state index is 13.4. The second kappa shape index (κ2) is 9.09. The summed E-state index contributed by atoms with van der Waals surface area (Å²) >= 11 is 5.36. The molecular weight excluding hydrogens is 382 g/mol. The number of rotatable bonds is 6. The Hall–Kier alpha value is -2.86. The molecule has 1 heterocycles. The number of carbonyl (C=O) groups excluding carboxylic acids is 1. The van der Waals surface area contributed by atoms with E-state index >= 15 is 0 Å². The molecule has 1 atom stereocenters. The van der Waals surface area contributed by atoms with Crippen molar-refractivity contribution in [1.29, 1.82) is 0 Å². The van der Waals surface area contributed by atoms with Crippen molar-refractivity contribution in [2.45, 2.75) is 39.7 Å². The van der Waals surface area contributed by atoms with E-state index in [4.69, 9.17) is 17.0 Å². The first-order chi connectivity index (χ1) is 13.9. The van der Waals surface area contributed by atoms with Crippen LogP contribution in [-0.2, 0) is 4.79 Å². The van der Waals surface area contributed by atoms with Gasteiger partial charge in [0.05, 0.1) is 18.2 Å². The summed E-state index contributed by atoms with van der Waals surface area (Å²) in [6.45, 7) is 8.57. The molecule has 1 amide bonds. The second-order valence-electron chi connectivity index (χ2n) is 7.24. The van der Waals surface area contributed by atoms with Gasteiger partial charge in [0.15, 0.2) is 5.11 Å². The van der Waals surface area contributed by atoms with Crippen molar-refractivity contribution in [1.82, 2.24) is 10.6 Å². The summed E-state index contributed by atoms with van der Waals surface area (Å²) in [5.74, 6) is 0.860. The van der Waals surface area contributed by atoms with E-state index in [0.717, 1.165) is 28.3 Å². The van der Waals surface area contributed by atoms with Crippen LogP contribution >= 0.6 is 12.2 Å². The lowest BCUT2D eigenvalue weighted by Crippen LogP contribution is -2.45. The molecular formula is C23H27N3O2S. The molecule has 0 radical (unpaired) electrons. The average molecular weight is 410 g/mol. The Morgan fingerprint density at radius 2 is 1.86 bits per heavy atom. The molecule has 5 nitrogen and oxygen atoms in total. The zero-order valence-corrected chi connectivity index (χ0v) is 18.0. The first kappa shape index (κ1) is 20.9. The molecule has 0 fully saturated rings. The fourth-order valence-electron chi connectivity index (χ4n) is 3.54. The van der Waals surface area contributed by atoms with Gasteiger partial charge in [0.2, 0.25) is 0 Å². The number of para-hydroxylation sites is 2. The highest BCUT2D eigenvalue weighted by molar-refractivity contribution is 7.80. The minimum atomic E-state index is -0.405. The number of thiocarbonyl (C=S) groups is 1. The summed E-state index contributed by atoms with van der Waals surface area (Å²) in [7, 11) is 0. The minimum Gasteiger partial charge on any atom is -0.494 e. The van der Waals surface area contributed by atoms with Crippen molar-refractivity contribution in [2.24, 2.45) is 0 Å². The molecule has 0 aromatic heterocycles. The first-order valence-electron chi connectivity index (χ1n) is 9.82. The van der Waals surface area contributed by atoms with Crippen LogP contribution in [0.1, 0.15) is 50.8 Å². The fraction of sp³-hybridized carbons (Fsp3) is 0.304. The van der Waals surface area contributed by atoms with Crippen molar-refractivity contribution in [2.75, 3.05) is 11.9 Å². The van der Waals surface area contributed by atoms with Gasteiger partial charge >= 0.3 is 0 Å². The van der Waals surface area contributed by atoms with Crippen LogP contribution in [0.5, 0.6) is 5.75 Å². The van der Waals surface area contributed by atoms with E-state index in [2.05, 4.69) is 29.8 Å². The number of hydrogen-bond acceptors (Lipinski definition) is 3. The van der Waals surface area contributed by atoms with Gasteiger partial charge in [-0.25, -0.2) is 0 Å². The Balaban J connectivity index is 2.00. The van der Waals surface area contributed by atoms with E-state index < -0.39 is 6.04 Å². The molecule has 0 saturated heterocycles. The van der Waals surface area contributed by atoms with Gasteiger partial charge < -0.3 is 20.7 Å². The molecule has 29 heavy (non-hydrogen) atoms. The number of amides is 1. The predicted molar refractivity (Wildman–Crippen MR) is 121 cm³/mol. The van der Waals surface area contributed by atoms with Crippen LogP contribution in [-0.4, -0.2) is 17.6 Å². The molecule has 152 valence electrons. The fourth-order valence-corrected chi connectivity index (χ4v) is 3.81. The second-order valence-corrected chi connectivity index (χ2v) is 7.65. The van der Waals surface area contributed by atoms with E-state index in [1.807, 2.05) is 62.4 Å². The predicted octanol–water partition coefficient (Wildman–Crippen LogP) is 4.64. The Labute approximate surface area is 177 Å². The van der Waals surface area contributed by atoms with Crippen molar-refractivity contribution < 1.29 is 9.53 Å². The Morgan fingerprint density at radius 3 is 2.59 bits per heavy atom. The van der Waals surface area contributed by atoms with Gasteiger partial charge in [-0.3, -0.25) is 4.79 Å². The number of ether oxygens (including phenoxy) is 1. The summed E-state index contributed by atoms with van der Waals surface area (Å²) in [6.07, 6.45) is 0. The lowest BCUT2D eigenvalue weighted by Gasteiger charge is -2.31. The van der Waals surface area contributed by atoms with E-state index in [0.29, 0.717) is 23.2 Å². The van der Waals surface area contributed by atoms with Gasteiger partial charge in [-0.1, -0.05) is 50.2 Å². The van der Waals surface area contributed by atoms with Crippen molar-refractivity contribution in [3.8, 4) is 5.75 Å². The molecule has 1 aliphatic heterocycles. The van der Waals surface area contributed by atoms with Gasteiger partial charge in [-0.05, 0) is 49.7 Å². The van der Waals surface area contributed by atoms with Crippen LogP contribution in [0.25, 0.3) is 0 Å². The average Bonchev–Trinajstić information content (AvgIpc) is 2.68. The van der Waals surface area contributed by atoms with Crippen LogP contribution in [0.15, 0.2) is 59.8 Å². The minimum absolute atomic E-state index is 0.172. The number of allylic oxidation sites excluding steroid dienone is 1. The standard InChI is InChI=1S/C23H27N3O2S/c1-5-28-19-13-9-7-11-17(19)21-20(15(4)24-23(29)26-21)22(27)25-18-12-8-6-10-16(18)14(2)3/h6-14,21H,5H2,1-4H3,(H,25,27)(H2,24,26,29)/t21-/m1/s1. The Bertz CT molecular complexity index is 953. The van der Waals surface area contributed by atoms with Crippen LogP contribution in [0.4, 0.5) is 5.69 Å². The quantitative estimate of drug-likeness (QED) is 0.607. The maximum Gasteiger partial charge on any atom is 0.255 e. The molecule has 0 aliphatic carbocycles. The molecule has 2 aromatic rings. The SMILES string of the molecule is CCOc1ccccc1[C@H]1NC(=S)NC(C)=C1C(=O)Nc1ccccc1C(C)C.